The molecular weight excluding hydrogens is 380 g/mol. The average Bonchev–Trinajstić information content (AvgIpc) is 2.82. The van der Waals surface area contributed by atoms with E-state index >= 15 is 0 Å². The minimum atomic E-state index is -2.07. The molecule has 1 aliphatic heterocycles. The maximum absolute atomic E-state index is 12.8. The smallest absolute Gasteiger partial charge is 0.261 e. The Morgan fingerprint density at radius 1 is 1.00 bits per heavy atom. The largest absolute Gasteiger partial charge is 0.411 e. The number of benzene rings is 1. The SMILES string of the molecule is CC(NC[C@H](CN1C(=O)c2ccccc2C1=O)O[Si](C)(C)C(C)(C)C)C(C)(C)C. The summed E-state index contributed by atoms with van der Waals surface area (Å²) < 4.78 is 6.65. The quantitative estimate of drug-likeness (QED) is 0.515. The van der Waals surface area contributed by atoms with E-state index in [1.54, 1.807) is 24.3 Å². The van der Waals surface area contributed by atoms with Gasteiger partial charge in [-0.05, 0) is 42.6 Å². The Morgan fingerprint density at radius 2 is 1.48 bits per heavy atom. The average molecular weight is 419 g/mol. The van der Waals surface area contributed by atoms with Crippen LogP contribution in [-0.4, -0.2) is 50.3 Å². The molecule has 29 heavy (non-hydrogen) atoms. The second kappa shape index (κ2) is 8.32. The van der Waals surface area contributed by atoms with E-state index in [1.165, 1.54) is 4.90 Å². The zero-order chi connectivity index (χ0) is 22.2. The molecule has 162 valence electrons. The van der Waals surface area contributed by atoms with E-state index in [0.29, 0.717) is 17.7 Å². The van der Waals surface area contributed by atoms with Crippen LogP contribution in [0, 0.1) is 5.41 Å². The Bertz CT molecular complexity index is 727. The number of carbonyl (C=O) groups excluding carboxylic acids is 2. The van der Waals surface area contributed by atoms with Gasteiger partial charge >= 0.3 is 0 Å². The zero-order valence-electron chi connectivity index (χ0n) is 19.6. The second-order valence-corrected chi connectivity index (χ2v) is 15.5. The lowest BCUT2D eigenvalue weighted by Crippen LogP contribution is -2.52. The van der Waals surface area contributed by atoms with E-state index in [1.807, 2.05) is 0 Å². The summed E-state index contributed by atoms with van der Waals surface area (Å²) in [5.74, 6) is -0.448. The van der Waals surface area contributed by atoms with Gasteiger partial charge in [-0.3, -0.25) is 14.5 Å². The van der Waals surface area contributed by atoms with Gasteiger partial charge in [-0.15, -0.1) is 0 Å². The van der Waals surface area contributed by atoms with E-state index in [4.69, 9.17) is 4.43 Å². The van der Waals surface area contributed by atoms with Crippen molar-refractivity contribution in [2.75, 3.05) is 13.1 Å². The number of nitrogens with zero attached hydrogens (tertiary/aromatic N) is 1. The number of carbonyl (C=O) groups is 2. The molecular formula is C23H38N2O3Si. The molecule has 2 rings (SSSR count). The topological polar surface area (TPSA) is 58.6 Å². The highest BCUT2D eigenvalue weighted by atomic mass is 28.4. The number of amides is 2. The number of rotatable bonds is 7. The highest BCUT2D eigenvalue weighted by Crippen LogP contribution is 2.37. The third kappa shape index (κ3) is 5.35. The van der Waals surface area contributed by atoms with Gasteiger partial charge < -0.3 is 9.74 Å². The molecule has 0 radical (unpaired) electrons. The van der Waals surface area contributed by atoms with Gasteiger partial charge in [0.15, 0.2) is 8.32 Å². The van der Waals surface area contributed by atoms with Gasteiger partial charge in [0.2, 0.25) is 0 Å². The fourth-order valence-corrected chi connectivity index (χ4v) is 4.30. The first-order chi connectivity index (χ1) is 13.1. The second-order valence-electron chi connectivity index (χ2n) is 10.8. The molecule has 0 aliphatic carbocycles. The number of imide groups is 1. The summed E-state index contributed by atoms with van der Waals surface area (Å²) in [6.45, 7) is 20.6. The summed E-state index contributed by atoms with van der Waals surface area (Å²) >= 11 is 0. The predicted molar refractivity (Wildman–Crippen MR) is 121 cm³/mol. The van der Waals surface area contributed by atoms with Gasteiger partial charge in [0.05, 0.1) is 23.8 Å². The van der Waals surface area contributed by atoms with E-state index in [-0.39, 0.29) is 41.0 Å². The highest BCUT2D eigenvalue weighted by Gasteiger charge is 2.42. The Labute approximate surface area is 177 Å². The maximum atomic E-state index is 12.8. The molecule has 0 spiro atoms. The van der Waals surface area contributed by atoms with Gasteiger partial charge in [-0.2, -0.15) is 0 Å². The van der Waals surface area contributed by atoms with E-state index in [0.717, 1.165) is 0 Å². The minimum absolute atomic E-state index is 0.0445. The van der Waals surface area contributed by atoms with Crippen molar-refractivity contribution in [3.8, 4) is 0 Å². The molecule has 0 fully saturated rings. The van der Waals surface area contributed by atoms with Crippen LogP contribution in [0.15, 0.2) is 24.3 Å². The molecule has 5 nitrogen and oxygen atoms in total. The summed E-state index contributed by atoms with van der Waals surface area (Å²) in [4.78, 5) is 27.0. The number of fused-ring (bicyclic) bond motifs is 1. The molecule has 1 unspecified atom stereocenters. The van der Waals surface area contributed by atoms with Crippen molar-refractivity contribution in [2.24, 2.45) is 5.41 Å². The van der Waals surface area contributed by atoms with Crippen LogP contribution in [0.25, 0.3) is 0 Å². The van der Waals surface area contributed by atoms with E-state index < -0.39 is 8.32 Å². The number of nitrogens with one attached hydrogen (secondary N) is 1. The van der Waals surface area contributed by atoms with Crippen LogP contribution in [0.2, 0.25) is 18.1 Å². The van der Waals surface area contributed by atoms with Crippen molar-refractivity contribution >= 4 is 20.1 Å². The van der Waals surface area contributed by atoms with Crippen LogP contribution in [0.1, 0.15) is 69.2 Å². The molecule has 1 aromatic rings. The van der Waals surface area contributed by atoms with Crippen molar-refractivity contribution < 1.29 is 14.0 Å². The Morgan fingerprint density at radius 3 is 1.90 bits per heavy atom. The molecule has 0 saturated carbocycles. The van der Waals surface area contributed by atoms with Crippen LogP contribution in [0.5, 0.6) is 0 Å². The van der Waals surface area contributed by atoms with Crippen molar-refractivity contribution in [2.45, 2.75) is 78.7 Å². The third-order valence-corrected chi connectivity index (χ3v) is 11.0. The first kappa shape index (κ1) is 23.8. The summed E-state index contributed by atoms with van der Waals surface area (Å²) in [5, 5.41) is 3.61. The monoisotopic (exact) mass is 418 g/mol. The maximum Gasteiger partial charge on any atom is 0.261 e. The van der Waals surface area contributed by atoms with Crippen molar-refractivity contribution in [3.63, 3.8) is 0 Å². The molecule has 0 bridgehead atoms. The summed E-state index contributed by atoms with van der Waals surface area (Å²) in [5.41, 5.74) is 1.08. The molecule has 1 aliphatic rings. The molecule has 1 heterocycles. The lowest BCUT2D eigenvalue weighted by molar-refractivity contribution is 0.0549. The van der Waals surface area contributed by atoms with E-state index in [9.17, 15) is 9.59 Å². The number of hydrogen-bond acceptors (Lipinski definition) is 4. The lowest BCUT2D eigenvalue weighted by atomic mass is 9.88. The van der Waals surface area contributed by atoms with Gasteiger partial charge in [-0.25, -0.2) is 0 Å². The van der Waals surface area contributed by atoms with Gasteiger partial charge in [-0.1, -0.05) is 53.7 Å². The van der Waals surface area contributed by atoms with Crippen LogP contribution < -0.4 is 5.32 Å². The zero-order valence-corrected chi connectivity index (χ0v) is 20.6. The minimum Gasteiger partial charge on any atom is -0.411 e. The van der Waals surface area contributed by atoms with Crippen molar-refractivity contribution in [1.82, 2.24) is 10.2 Å². The van der Waals surface area contributed by atoms with Crippen molar-refractivity contribution in [3.05, 3.63) is 35.4 Å². The van der Waals surface area contributed by atoms with Gasteiger partial charge in [0.1, 0.15) is 0 Å². The third-order valence-electron chi connectivity index (χ3n) is 6.48. The fourth-order valence-electron chi connectivity index (χ4n) is 2.96. The van der Waals surface area contributed by atoms with Crippen LogP contribution in [-0.2, 0) is 4.43 Å². The molecule has 1 N–H and O–H groups in total. The Balaban J connectivity index is 2.21. The highest BCUT2D eigenvalue weighted by molar-refractivity contribution is 6.74. The molecule has 0 aromatic heterocycles. The Kier molecular flexibility index (Phi) is 6.82. The van der Waals surface area contributed by atoms with Crippen LogP contribution in [0.4, 0.5) is 0 Å². The molecule has 0 saturated heterocycles. The summed E-state index contributed by atoms with van der Waals surface area (Å²) in [7, 11) is -2.07. The summed E-state index contributed by atoms with van der Waals surface area (Å²) in [6, 6.07) is 7.31. The normalized spacial score (nSPS) is 17.5. The lowest BCUT2D eigenvalue weighted by Gasteiger charge is -2.40. The van der Waals surface area contributed by atoms with Crippen molar-refractivity contribution in [1.29, 1.82) is 0 Å². The molecule has 1 aromatic carbocycles. The fraction of sp³-hybridized carbons (Fsp3) is 0.652. The molecule has 6 heteroatoms. The van der Waals surface area contributed by atoms with E-state index in [2.05, 4.69) is 66.9 Å². The Hall–Kier alpha value is -1.50. The van der Waals surface area contributed by atoms with Gasteiger partial charge in [0, 0.05) is 12.6 Å². The summed E-state index contributed by atoms with van der Waals surface area (Å²) in [6.07, 6.45) is -0.247. The van der Waals surface area contributed by atoms with Crippen LogP contribution in [0.3, 0.4) is 0 Å². The predicted octanol–water partition coefficient (Wildman–Crippen LogP) is 4.70. The first-order valence-electron chi connectivity index (χ1n) is 10.5. The number of hydrogen-bond donors (Lipinski definition) is 1. The first-order valence-corrected chi connectivity index (χ1v) is 13.4. The molecule has 2 amide bonds. The molecule has 2 atom stereocenters. The standard InChI is InChI=1S/C23H38N2O3Si/c1-16(22(2,3)4)24-14-17(28-29(8,9)23(5,6)7)15-25-20(26)18-12-10-11-13-19(18)21(25)27/h10-13,16-17,24H,14-15H2,1-9H3/t16?,17-/m1/s1. The van der Waals surface area contributed by atoms with Gasteiger partial charge in [0.25, 0.3) is 11.8 Å². The van der Waals surface area contributed by atoms with Crippen LogP contribution >= 0.6 is 0 Å².